The molecule has 0 atom stereocenters. The Bertz CT molecular complexity index is 1110. The molecule has 0 saturated carbocycles. The molecular formula is C20H19N5O3S. The Kier molecular flexibility index (Phi) is 5.13. The minimum atomic E-state index is -0.203. The average molecular weight is 409 g/mol. The Labute approximate surface area is 171 Å². The summed E-state index contributed by atoms with van der Waals surface area (Å²) < 4.78 is 13.3. The molecule has 4 aromatic rings. The highest BCUT2D eigenvalue weighted by Gasteiger charge is 2.25. The minimum absolute atomic E-state index is 0.203. The predicted octanol–water partition coefficient (Wildman–Crippen LogP) is 3.29. The number of thiazole rings is 1. The van der Waals surface area contributed by atoms with Crippen LogP contribution >= 0.6 is 11.3 Å². The highest BCUT2D eigenvalue weighted by molar-refractivity contribution is 7.22. The van der Waals surface area contributed by atoms with Crippen LogP contribution in [0.3, 0.4) is 0 Å². The fraction of sp³-hybridized carbons (Fsp3) is 0.200. The summed E-state index contributed by atoms with van der Waals surface area (Å²) in [6.07, 6.45) is 5.03. The van der Waals surface area contributed by atoms with Crippen LogP contribution in [-0.2, 0) is 13.6 Å². The second-order valence-corrected chi connectivity index (χ2v) is 7.21. The zero-order valence-corrected chi connectivity index (χ0v) is 17.0. The number of aryl methyl sites for hydroxylation is 1. The van der Waals surface area contributed by atoms with Crippen molar-refractivity contribution < 1.29 is 14.3 Å². The first kappa shape index (κ1) is 18.9. The van der Waals surface area contributed by atoms with Gasteiger partial charge in [0.05, 0.1) is 20.8 Å². The maximum absolute atomic E-state index is 13.4. The third kappa shape index (κ3) is 3.52. The van der Waals surface area contributed by atoms with Gasteiger partial charge in [0.25, 0.3) is 5.91 Å². The highest BCUT2D eigenvalue weighted by Crippen LogP contribution is 2.40. The van der Waals surface area contributed by atoms with Gasteiger partial charge in [0.2, 0.25) is 0 Å². The van der Waals surface area contributed by atoms with Crippen LogP contribution in [0.5, 0.6) is 11.5 Å². The zero-order valence-electron chi connectivity index (χ0n) is 16.2. The van der Waals surface area contributed by atoms with Crippen molar-refractivity contribution in [1.29, 1.82) is 0 Å². The Morgan fingerprint density at radius 1 is 1.14 bits per heavy atom. The molecule has 29 heavy (non-hydrogen) atoms. The van der Waals surface area contributed by atoms with Gasteiger partial charge in [-0.05, 0) is 29.8 Å². The Morgan fingerprint density at radius 2 is 1.93 bits per heavy atom. The third-order valence-corrected chi connectivity index (χ3v) is 5.57. The van der Waals surface area contributed by atoms with E-state index in [0.29, 0.717) is 34.4 Å². The van der Waals surface area contributed by atoms with Gasteiger partial charge in [-0.1, -0.05) is 17.4 Å². The lowest BCUT2D eigenvalue weighted by Gasteiger charge is -2.19. The van der Waals surface area contributed by atoms with Gasteiger partial charge in [-0.15, -0.1) is 0 Å². The number of rotatable bonds is 6. The van der Waals surface area contributed by atoms with E-state index < -0.39 is 0 Å². The maximum Gasteiger partial charge on any atom is 0.278 e. The summed E-state index contributed by atoms with van der Waals surface area (Å²) >= 11 is 1.38. The van der Waals surface area contributed by atoms with E-state index in [4.69, 9.17) is 14.5 Å². The van der Waals surface area contributed by atoms with Crippen LogP contribution in [0.15, 0.2) is 48.9 Å². The number of anilines is 1. The number of aromatic nitrogens is 4. The van der Waals surface area contributed by atoms with E-state index >= 15 is 0 Å². The lowest BCUT2D eigenvalue weighted by molar-refractivity contribution is 0.0976. The van der Waals surface area contributed by atoms with E-state index in [9.17, 15) is 4.79 Å². The predicted molar refractivity (Wildman–Crippen MR) is 111 cm³/mol. The summed E-state index contributed by atoms with van der Waals surface area (Å²) in [6.45, 7) is 0.322. The van der Waals surface area contributed by atoms with Crippen LogP contribution in [0.25, 0.3) is 10.2 Å². The van der Waals surface area contributed by atoms with Crippen LogP contribution in [0.4, 0.5) is 5.13 Å². The third-order valence-electron chi connectivity index (χ3n) is 4.48. The Hall–Kier alpha value is -3.46. The van der Waals surface area contributed by atoms with Crippen LogP contribution in [0, 0.1) is 0 Å². The van der Waals surface area contributed by atoms with Gasteiger partial charge >= 0.3 is 0 Å². The SMILES string of the molecule is COc1ccc(OC)c2sc(N(Cc3cccnc3)C(=O)c3ccnn3C)nc12. The molecule has 0 aliphatic rings. The molecule has 0 radical (unpaired) electrons. The van der Waals surface area contributed by atoms with Crippen molar-refractivity contribution in [2.24, 2.45) is 7.05 Å². The fourth-order valence-electron chi connectivity index (χ4n) is 3.01. The van der Waals surface area contributed by atoms with Crippen molar-refractivity contribution in [3.8, 4) is 11.5 Å². The minimum Gasteiger partial charge on any atom is -0.495 e. The molecule has 9 heteroatoms. The molecule has 148 valence electrons. The smallest absolute Gasteiger partial charge is 0.278 e. The maximum atomic E-state index is 13.4. The van der Waals surface area contributed by atoms with E-state index in [1.807, 2.05) is 18.2 Å². The Morgan fingerprint density at radius 3 is 2.59 bits per heavy atom. The number of amides is 1. The summed E-state index contributed by atoms with van der Waals surface area (Å²) in [6, 6.07) is 9.08. The van der Waals surface area contributed by atoms with Crippen molar-refractivity contribution in [3.63, 3.8) is 0 Å². The fourth-order valence-corrected chi connectivity index (χ4v) is 4.08. The van der Waals surface area contributed by atoms with Gasteiger partial charge in [0.15, 0.2) is 5.13 Å². The quantitative estimate of drug-likeness (QED) is 0.486. The molecule has 0 unspecified atom stereocenters. The second-order valence-electron chi connectivity index (χ2n) is 6.24. The number of carbonyl (C=O) groups is 1. The van der Waals surface area contributed by atoms with Gasteiger partial charge in [0.1, 0.15) is 27.4 Å². The van der Waals surface area contributed by atoms with Gasteiger partial charge in [0, 0.05) is 25.6 Å². The van der Waals surface area contributed by atoms with Gasteiger partial charge in [-0.3, -0.25) is 19.4 Å². The molecule has 0 aliphatic carbocycles. The summed E-state index contributed by atoms with van der Waals surface area (Å²) in [5.41, 5.74) is 2.01. The van der Waals surface area contributed by atoms with Gasteiger partial charge in [-0.25, -0.2) is 4.98 Å². The van der Waals surface area contributed by atoms with Crippen molar-refractivity contribution >= 4 is 32.6 Å². The summed E-state index contributed by atoms with van der Waals surface area (Å²) in [5, 5.41) is 4.66. The number of pyridine rings is 1. The van der Waals surface area contributed by atoms with Gasteiger partial charge in [-0.2, -0.15) is 5.10 Å². The lowest BCUT2D eigenvalue weighted by Crippen LogP contribution is -2.31. The van der Waals surface area contributed by atoms with Crippen molar-refractivity contribution in [2.45, 2.75) is 6.54 Å². The number of carbonyl (C=O) groups excluding carboxylic acids is 1. The number of hydrogen-bond donors (Lipinski definition) is 0. The summed E-state index contributed by atoms with van der Waals surface area (Å²) in [7, 11) is 4.93. The molecule has 0 N–H and O–H groups in total. The van der Waals surface area contributed by atoms with Crippen LogP contribution in [0.1, 0.15) is 16.1 Å². The number of ether oxygens (including phenoxy) is 2. The monoisotopic (exact) mass is 409 g/mol. The van der Waals surface area contributed by atoms with E-state index in [-0.39, 0.29) is 5.91 Å². The molecule has 4 rings (SSSR count). The molecule has 3 heterocycles. The van der Waals surface area contributed by atoms with E-state index in [1.165, 1.54) is 11.3 Å². The first-order chi connectivity index (χ1) is 14.1. The molecule has 8 nitrogen and oxygen atoms in total. The van der Waals surface area contributed by atoms with Crippen LogP contribution in [0.2, 0.25) is 0 Å². The van der Waals surface area contributed by atoms with Crippen molar-refractivity contribution in [3.05, 3.63) is 60.2 Å². The molecular weight excluding hydrogens is 390 g/mol. The Balaban J connectivity index is 1.84. The number of benzene rings is 1. The van der Waals surface area contributed by atoms with E-state index in [0.717, 1.165) is 10.3 Å². The van der Waals surface area contributed by atoms with Crippen molar-refractivity contribution in [2.75, 3.05) is 19.1 Å². The number of fused-ring (bicyclic) bond motifs is 1. The van der Waals surface area contributed by atoms with Crippen LogP contribution in [-0.4, -0.2) is 39.9 Å². The zero-order chi connectivity index (χ0) is 20.4. The van der Waals surface area contributed by atoms with Gasteiger partial charge < -0.3 is 9.47 Å². The lowest BCUT2D eigenvalue weighted by atomic mass is 10.2. The molecule has 0 saturated heterocycles. The normalized spacial score (nSPS) is 10.9. The summed E-state index contributed by atoms with van der Waals surface area (Å²) in [4.78, 5) is 23.9. The second kappa shape index (κ2) is 7.88. The molecule has 0 spiro atoms. The van der Waals surface area contributed by atoms with E-state index in [2.05, 4.69) is 10.1 Å². The van der Waals surface area contributed by atoms with Crippen LogP contribution < -0.4 is 14.4 Å². The molecule has 1 amide bonds. The van der Waals surface area contributed by atoms with Crippen molar-refractivity contribution in [1.82, 2.24) is 19.7 Å². The molecule has 3 aromatic heterocycles. The average Bonchev–Trinajstić information content (AvgIpc) is 3.38. The highest BCUT2D eigenvalue weighted by atomic mass is 32.1. The number of hydrogen-bond acceptors (Lipinski definition) is 7. The standard InChI is InChI=1S/C20H19N5O3S/c1-24-14(8-10-22-24)19(26)25(12-13-5-4-9-21-11-13)20-23-17-15(27-2)6-7-16(28-3)18(17)29-20/h4-11H,12H2,1-3H3. The molecule has 0 aliphatic heterocycles. The molecule has 1 aromatic carbocycles. The largest absolute Gasteiger partial charge is 0.495 e. The number of methoxy groups -OCH3 is 2. The first-order valence-electron chi connectivity index (χ1n) is 8.82. The number of nitrogens with zero attached hydrogens (tertiary/aromatic N) is 5. The molecule has 0 fully saturated rings. The molecule has 0 bridgehead atoms. The topological polar surface area (TPSA) is 82.4 Å². The summed E-state index contributed by atoms with van der Waals surface area (Å²) in [5.74, 6) is 1.10. The first-order valence-corrected chi connectivity index (χ1v) is 9.64. The van der Waals surface area contributed by atoms with E-state index in [1.54, 1.807) is 61.6 Å².